The van der Waals surface area contributed by atoms with Crippen LogP contribution >= 0.6 is 0 Å². The maximum atomic E-state index is 12.2. The van der Waals surface area contributed by atoms with Gasteiger partial charge in [0.05, 0.1) is 26.4 Å². The van der Waals surface area contributed by atoms with Gasteiger partial charge in [-0.1, -0.05) is 12.1 Å². The highest BCUT2D eigenvalue weighted by molar-refractivity contribution is 5.89. The van der Waals surface area contributed by atoms with Crippen LogP contribution in [0.3, 0.4) is 0 Å². The maximum absolute atomic E-state index is 12.2. The summed E-state index contributed by atoms with van der Waals surface area (Å²) in [6.45, 7) is 3.59. The molecule has 0 radical (unpaired) electrons. The number of amides is 2. The summed E-state index contributed by atoms with van der Waals surface area (Å²) in [5.74, 6) is 0.817. The number of pyridine rings is 1. The summed E-state index contributed by atoms with van der Waals surface area (Å²) in [6.07, 6.45) is 3.28. The first kappa shape index (κ1) is 18.2. The third-order valence-electron chi connectivity index (χ3n) is 4.38. The van der Waals surface area contributed by atoms with E-state index in [4.69, 9.17) is 9.47 Å². The zero-order valence-electron chi connectivity index (χ0n) is 14.9. The molecule has 1 atom stereocenters. The quantitative estimate of drug-likeness (QED) is 0.831. The van der Waals surface area contributed by atoms with E-state index in [1.807, 2.05) is 24.3 Å². The van der Waals surface area contributed by atoms with Gasteiger partial charge in [-0.3, -0.25) is 9.88 Å². The van der Waals surface area contributed by atoms with Crippen molar-refractivity contribution in [3.05, 3.63) is 54.4 Å². The normalized spacial score (nSPS) is 15.9. The lowest BCUT2D eigenvalue weighted by molar-refractivity contribution is 0.0167. The maximum Gasteiger partial charge on any atom is 0.319 e. The minimum atomic E-state index is -0.233. The van der Waals surface area contributed by atoms with Crippen molar-refractivity contribution in [3.8, 4) is 5.75 Å². The van der Waals surface area contributed by atoms with Crippen LogP contribution in [0.1, 0.15) is 11.6 Å². The Balaban J connectivity index is 1.65. The summed E-state index contributed by atoms with van der Waals surface area (Å²) in [5.41, 5.74) is 1.85. The lowest BCUT2D eigenvalue weighted by Gasteiger charge is -2.35. The molecule has 1 aromatic heterocycles. The van der Waals surface area contributed by atoms with Crippen molar-refractivity contribution in [2.45, 2.75) is 6.04 Å². The molecule has 3 rings (SSSR count). The summed E-state index contributed by atoms with van der Waals surface area (Å²) in [5, 5.41) is 5.79. The molecule has 138 valence electrons. The van der Waals surface area contributed by atoms with Crippen LogP contribution in [0.25, 0.3) is 0 Å². The number of rotatable bonds is 6. The molecule has 2 heterocycles. The first-order chi connectivity index (χ1) is 12.8. The molecule has 1 fully saturated rings. The fourth-order valence-corrected chi connectivity index (χ4v) is 2.97. The SMILES string of the molecule is COc1ccc(C(CNC(=O)Nc2ccncc2)N2CCOCC2)cc1. The molecule has 1 unspecified atom stereocenters. The molecular formula is C19H24N4O3. The van der Waals surface area contributed by atoms with Crippen LogP contribution in [0.15, 0.2) is 48.8 Å². The van der Waals surface area contributed by atoms with E-state index >= 15 is 0 Å². The van der Waals surface area contributed by atoms with Crippen molar-refractivity contribution in [1.29, 1.82) is 0 Å². The van der Waals surface area contributed by atoms with Crippen molar-refractivity contribution in [1.82, 2.24) is 15.2 Å². The number of carbonyl (C=O) groups is 1. The minimum Gasteiger partial charge on any atom is -0.497 e. The average Bonchev–Trinajstić information content (AvgIpc) is 2.70. The van der Waals surface area contributed by atoms with Crippen LogP contribution < -0.4 is 15.4 Å². The van der Waals surface area contributed by atoms with Gasteiger partial charge in [-0.2, -0.15) is 0 Å². The molecule has 7 nitrogen and oxygen atoms in total. The van der Waals surface area contributed by atoms with Crippen LogP contribution in [-0.2, 0) is 4.74 Å². The summed E-state index contributed by atoms with van der Waals surface area (Å²) >= 11 is 0. The zero-order chi connectivity index (χ0) is 18.2. The van der Waals surface area contributed by atoms with Gasteiger partial charge < -0.3 is 20.1 Å². The van der Waals surface area contributed by atoms with Gasteiger partial charge in [0.2, 0.25) is 0 Å². The molecule has 7 heteroatoms. The first-order valence-electron chi connectivity index (χ1n) is 8.67. The van der Waals surface area contributed by atoms with Crippen LogP contribution in [0.2, 0.25) is 0 Å². The highest BCUT2D eigenvalue weighted by Crippen LogP contribution is 2.23. The number of methoxy groups -OCH3 is 1. The molecule has 2 aromatic rings. The third-order valence-corrected chi connectivity index (χ3v) is 4.38. The summed E-state index contributed by atoms with van der Waals surface area (Å²) in [6, 6.07) is 11.3. The fraction of sp³-hybridized carbons (Fsp3) is 0.368. The van der Waals surface area contributed by atoms with Crippen LogP contribution in [0.5, 0.6) is 5.75 Å². The highest BCUT2D eigenvalue weighted by Gasteiger charge is 2.23. The van der Waals surface area contributed by atoms with Crippen LogP contribution in [0.4, 0.5) is 10.5 Å². The molecule has 1 aliphatic rings. The van der Waals surface area contributed by atoms with Gasteiger partial charge in [-0.05, 0) is 29.8 Å². The first-order valence-corrected chi connectivity index (χ1v) is 8.67. The van der Waals surface area contributed by atoms with E-state index in [1.165, 1.54) is 0 Å². The number of hydrogen-bond donors (Lipinski definition) is 2. The molecule has 2 amide bonds. The van der Waals surface area contributed by atoms with Gasteiger partial charge in [0.1, 0.15) is 5.75 Å². The largest absolute Gasteiger partial charge is 0.497 e. The van der Waals surface area contributed by atoms with Crippen LogP contribution in [-0.4, -0.2) is 55.9 Å². The van der Waals surface area contributed by atoms with E-state index in [-0.39, 0.29) is 12.1 Å². The topological polar surface area (TPSA) is 75.7 Å². The summed E-state index contributed by atoms with van der Waals surface area (Å²) < 4.78 is 10.7. The monoisotopic (exact) mass is 356 g/mol. The molecule has 0 saturated carbocycles. The number of morpholine rings is 1. The van der Waals surface area contributed by atoms with Crippen molar-refractivity contribution >= 4 is 11.7 Å². The summed E-state index contributed by atoms with van der Waals surface area (Å²) in [7, 11) is 1.65. The lowest BCUT2D eigenvalue weighted by Crippen LogP contribution is -2.44. The number of nitrogens with one attached hydrogen (secondary N) is 2. The molecule has 0 aliphatic carbocycles. The molecule has 0 spiro atoms. The molecule has 26 heavy (non-hydrogen) atoms. The van der Waals surface area contributed by atoms with E-state index in [2.05, 4.69) is 20.5 Å². The number of ether oxygens (including phenoxy) is 2. The number of carbonyl (C=O) groups excluding carboxylic acids is 1. The van der Waals surface area contributed by atoms with E-state index in [1.54, 1.807) is 31.6 Å². The second kappa shape index (κ2) is 9.17. The van der Waals surface area contributed by atoms with E-state index in [0.29, 0.717) is 25.4 Å². The average molecular weight is 356 g/mol. The Morgan fingerprint density at radius 1 is 1.19 bits per heavy atom. The van der Waals surface area contributed by atoms with Gasteiger partial charge >= 0.3 is 6.03 Å². The Kier molecular flexibility index (Phi) is 6.40. The second-order valence-electron chi connectivity index (χ2n) is 6.01. The van der Waals surface area contributed by atoms with Gasteiger partial charge in [-0.15, -0.1) is 0 Å². The van der Waals surface area contributed by atoms with Gasteiger partial charge in [0.25, 0.3) is 0 Å². The predicted molar refractivity (Wildman–Crippen MR) is 99.4 cm³/mol. The molecular weight excluding hydrogens is 332 g/mol. The van der Waals surface area contributed by atoms with Crippen molar-refractivity contribution in [3.63, 3.8) is 0 Å². The fourth-order valence-electron chi connectivity index (χ4n) is 2.97. The molecule has 2 N–H and O–H groups in total. The highest BCUT2D eigenvalue weighted by atomic mass is 16.5. The molecule has 1 aliphatic heterocycles. The number of benzene rings is 1. The van der Waals surface area contributed by atoms with Gasteiger partial charge in [0, 0.05) is 37.7 Å². The minimum absolute atomic E-state index is 0.0768. The van der Waals surface area contributed by atoms with Crippen molar-refractivity contribution in [2.24, 2.45) is 0 Å². The Morgan fingerprint density at radius 3 is 2.54 bits per heavy atom. The van der Waals surface area contributed by atoms with Crippen LogP contribution in [0, 0.1) is 0 Å². The molecule has 0 bridgehead atoms. The summed E-state index contributed by atoms with van der Waals surface area (Å²) in [4.78, 5) is 18.5. The number of hydrogen-bond acceptors (Lipinski definition) is 5. The number of anilines is 1. The Hall–Kier alpha value is -2.64. The third kappa shape index (κ3) is 4.93. The lowest BCUT2D eigenvalue weighted by atomic mass is 10.0. The second-order valence-corrected chi connectivity index (χ2v) is 6.01. The predicted octanol–water partition coefficient (Wildman–Crippen LogP) is 2.29. The van der Waals surface area contributed by atoms with Crippen molar-refractivity contribution in [2.75, 3.05) is 45.3 Å². The Bertz CT molecular complexity index is 688. The number of aromatic nitrogens is 1. The van der Waals surface area contributed by atoms with Gasteiger partial charge in [-0.25, -0.2) is 4.79 Å². The Labute approximate surface area is 153 Å². The van der Waals surface area contributed by atoms with E-state index in [9.17, 15) is 4.79 Å². The van der Waals surface area contributed by atoms with E-state index in [0.717, 1.165) is 24.4 Å². The van der Waals surface area contributed by atoms with E-state index < -0.39 is 0 Å². The standard InChI is InChI=1S/C19H24N4O3/c1-25-17-4-2-15(3-5-17)18(23-10-12-26-13-11-23)14-21-19(24)22-16-6-8-20-9-7-16/h2-9,18H,10-14H2,1H3,(H2,20,21,22,24). The van der Waals surface area contributed by atoms with Crippen molar-refractivity contribution < 1.29 is 14.3 Å². The van der Waals surface area contributed by atoms with Gasteiger partial charge in [0.15, 0.2) is 0 Å². The number of urea groups is 1. The molecule has 1 aromatic carbocycles. The smallest absolute Gasteiger partial charge is 0.319 e. The Morgan fingerprint density at radius 2 is 1.88 bits per heavy atom. The zero-order valence-corrected chi connectivity index (χ0v) is 14.9. The number of nitrogens with zero attached hydrogens (tertiary/aromatic N) is 2. The molecule has 1 saturated heterocycles.